The Balaban J connectivity index is 2.01. The number of fused-ring (bicyclic) bond motifs is 1. The van der Waals surface area contributed by atoms with Gasteiger partial charge in [-0.1, -0.05) is 20.8 Å². The van der Waals surface area contributed by atoms with Gasteiger partial charge in [0.2, 0.25) is 0 Å². The van der Waals surface area contributed by atoms with Gasteiger partial charge in [-0.05, 0) is 30.6 Å². The first kappa shape index (κ1) is 10.0. The number of hydrogen-bond donors (Lipinski definition) is 0. The van der Waals surface area contributed by atoms with Crippen LogP contribution in [-0.2, 0) is 9.53 Å². The fourth-order valence-corrected chi connectivity index (χ4v) is 2.82. The highest BCUT2D eigenvalue weighted by atomic mass is 16.5. The highest BCUT2D eigenvalue weighted by Crippen LogP contribution is 2.44. The van der Waals surface area contributed by atoms with Gasteiger partial charge in [-0.25, -0.2) is 0 Å². The summed E-state index contributed by atoms with van der Waals surface area (Å²) in [6, 6.07) is 0. The molecular weight excluding hydrogens is 176 g/mol. The van der Waals surface area contributed by atoms with Gasteiger partial charge in [0.1, 0.15) is 6.10 Å². The van der Waals surface area contributed by atoms with Crippen LogP contribution in [0.5, 0.6) is 0 Å². The van der Waals surface area contributed by atoms with Gasteiger partial charge in [-0.3, -0.25) is 4.79 Å². The molecule has 1 aliphatic heterocycles. The van der Waals surface area contributed by atoms with Gasteiger partial charge >= 0.3 is 5.97 Å². The zero-order chi connectivity index (χ0) is 10.3. The molecule has 0 N–H and O–H groups in total. The van der Waals surface area contributed by atoms with E-state index in [-0.39, 0.29) is 12.1 Å². The van der Waals surface area contributed by atoms with Crippen molar-refractivity contribution in [1.29, 1.82) is 0 Å². The zero-order valence-corrected chi connectivity index (χ0v) is 9.38. The largest absolute Gasteiger partial charge is 0.462 e. The Bertz CT molecular complexity index is 239. The lowest BCUT2D eigenvalue weighted by Gasteiger charge is -2.38. The van der Waals surface area contributed by atoms with Crippen LogP contribution < -0.4 is 0 Å². The van der Waals surface area contributed by atoms with Crippen LogP contribution in [0.1, 0.15) is 46.5 Å². The Labute approximate surface area is 86.0 Å². The van der Waals surface area contributed by atoms with E-state index in [1.54, 1.807) is 0 Å². The van der Waals surface area contributed by atoms with Crippen molar-refractivity contribution in [2.45, 2.75) is 52.6 Å². The van der Waals surface area contributed by atoms with E-state index >= 15 is 0 Å². The molecule has 0 aromatic heterocycles. The number of esters is 1. The summed E-state index contributed by atoms with van der Waals surface area (Å²) in [6.07, 6.45) is 4.40. The monoisotopic (exact) mass is 196 g/mol. The number of carbonyl (C=O) groups excluding carboxylic acids is 1. The molecular formula is C12H20O2. The van der Waals surface area contributed by atoms with Crippen molar-refractivity contribution in [3.63, 3.8) is 0 Å². The maximum Gasteiger partial charge on any atom is 0.306 e. The highest BCUT2D eigenvalue weighted by molar-refractivity contribution is 5.72. The molecule has 2 aliphatic rings. The molecule has 2 heteroatoms. The first-order valence-corrected chi connectivity index (χ1v) is 5.66. The van der Waals surface area contributed by atoms with E-state index < -0.39 is 0 Å². The Morgan fingerprint density at radius 1 is 1.29 bits per heavy atom. The summed E-state index contributed by atoms with van der Waals surface area (Å²) in [6.45, 7) is 6.90. The number of rotatable bonds is 0. The van der Waals surface area contributed by atoms with Crippen LogP contribution in [0.25, 0.3) is 0 Å². The molecule has 1 heterocycles. The molecule has 2 nitrogen and oxygen atoms in total. The van der Waals surface area contributed by atoms with E-state index in [0.717, 1.165) is 12.3 Å². The van der Waals surface area contributed by atoms with Gasteiger partial charge in [-0.2, -0.15) is 0 Å². The first-order chi connectivity index (χ1) is 6.47. The van der Waals surface area contributed by atoms with E-state index in [9.17, 15) is 4.79 Å². The van der Waals surface area contributed by atoms with E-state index in [0.29, 0.717) is 17.8 Å². The smallest absolute Gasteiger partial charge is 0.306 e. The Kier molecular flexibility index (Phi) is 2.32. The Morgan fingerprint density at radius 3 is 2.64 bits per heavy atom. The second kappa shape index (κ2) is 3.25. The molecule has 0 spiro atoms. The van der Waals surface area contributed by atoms with Crippen molar-refractivity contribution < 1.29 is 9.53 Å². The SMILES string of the molecule is CC(C)(C)[C@@H]1CC[C@@H]2OC(=O)C[C@@H]2C1. The summed E-state index contributed by atoms with van der Waals surface area (Å²) < 4.78 is 5.29. The number of ether oxygens (including phenoxy) is 1. The molecule has 0 aromatic rings. The van der Waals surface area contributed by atoms with Gasteiger partial charge in [0.15, 0.2) is 0 Å². The van der Waals surface area contributed by atoms with Gasteiger partial charge in [0.25, 0.3) is 0 Å². The molecule has 0 unspecified atom stereocenters. The van der Waals surface area contributed by atoms with Crippen molar-refractivity contribution in [2.24, 2.45) is 17.3 Å². The fraction of sp³-hybridized carbons (Fsp3) is 0.917. The number of hydrogen-bond acceptors (Lipinski definition) is 2. The van der Waals surface area contributed by atoms with Crippen molar-refractivity contribution in [3.05, 3.63) is 0 Å². The minimum absolute atomic E-state index is 0.0227. The highest BCUT2D eigenvalue weighted by Gasteiger charge is 2.42. The molecule has 1 aliphatic carbocycles. The second-order valence-corrected chi connectivity index (χ2v) is 5.87. The average Bonchev–Trinajstić information content (AvgIpc) is 2.41. The van der Waals surface area contributed by atoms with Crippen LogP contribution in [0.2, 0.25) is 0 Å². The molecule has 0 radical (unpaired) electrons. The van der Waals surface area contributed by atoms with E-state index in [4.69, 9.17) is 4.74 Å². The molecule has 3 atom stereocenters. The molecule has 0 bridgehead atoms. The van der Waals surface area contributed by atoms with Crippen LogP contribution in [-0.4, -0.2) is 12.1 Å². The third-order valence-electron chi connectivity index (χ3n) is 3.85. The summed E-state index contributed by atoms with van der Waals surface area (Å²) in [4.78, 5) is 11.1. The predicted octanol–water partition coefficient (Wildman–Crippen LogP) is 2.76. The summed E-state index contributed by atoms with van der Waals surface area (Å²) in [7, 11) is 0. The van der Waals surface area contributed by atoms with Crippen LogP contribution in [0.3, 0.4) is 0 Å². The van der Waals surface area contributed by atoms with Gasteiger partial charge in [0, 0.05) is 5.92 Å². The van der Waals surface area contributed by atoms with Crippen LogP contribution in [0, 0.1) is 17.3 Å². The summed E-state index contributed by atoms with van der Waals surface area (Å²) in [5.41, 5.74) is 0.386. The van der Waals surface area contributed by atoms with Gasteiger partial charge in [-0.15, -0.1) is 0 Å². The third kappa shape index (κ3) is 1.79. The zero-order valence-electron chi connectivity index (χ0n) is 9.38. The van der Waals surface area contributed by atoms with E-state index in [1.165, 1.54) is 12.8 Å². The summed E-state index contributed by atoms with van der Waals surface area (Å²) in [5.74, 6) is 1.30. The maximum absolute atomic E-state index is 11.1. The van der Waals surface area contributed by atoms with Crippen molar-refractivity contribution in [3.8, 4) is 0 Å². The normalized spacial score (nSPS) is 37.9. The lowest BCUT2D eigenvalue weighted by Crippen LogP contribution is -2.32. The third-order valence-corrected chi connectivity index (χ3v) is 3.85. The molecule has 14 heavy (non-hydrogen) atoms. The number of carbonyl (C=O) groups is 1. The lowest BCUT2D eigenvalue weighted by molar-refractivity contribution is -0.142. The fourth-order valence-electron chi connectivity index (χ4n) is 2.82. The molecule has 0 aromatic carbocycles. The Morgan fingerprint density at radius 2 is 2.00 bits per heavy atom. The van der Waals surface area contributed by atoms with Gasteiger partial charge < -0.3 is 4.74 Å². The molecule has 1 saturated heterocycles. The van der Waals surface area contributed by atoms with Crippen LogP contribution >= 0.6 is 0 Å². The average molecular weight is 196 g/mol. The topological polar surface area (TPSA) is 26.3 Å². The summed E-state index contributed by atoms with van der Waals surface area (Å²) >= 11 is 0. The summed E-state index contributed by atoms with van der Waals surface area (Å²) in [5, 5.41) is 0. The molecule has 2 fully saturated rings. The molecule has 2 rings (SSSR count). The minimum atomic E-state index is 0.0227. The lowest BCUT2D eigenvalue weighted by atomic mass is 9.68. The van der Waals surface area contributed by atoms with Crippen LogP contribution in [0.15, 0.2) is 0 Å². The standard InChI is InChI=1S/C12H20O2/c1-12(2,3)9-4-5-10-8(6-9)7-11(13)14-10/h8-10H,4-7H2,1-3H3/t8-,9+,10-/m0/s1. The first-order valence-electron chi connectivity index (χ1n) is 5.66. The molecule has 1 saturated carbocycles. The van der Waals surface area contributed by atoms with Crippen molar-refractivity contribution in [1.82, 2.24) is 0 Å². The maximum atomic E-state index is 11.1. The quantitative estimate of drug-likeness (QED) is 0.557. The predicted molar refractivity (Wildman–Crippen MR) is 54.8 cm³/mol. The van der Waals surface area contributed by atoms with Crippen LogP contribution in [0.4, 0.5) is 0 Å². The molecule has 80 valence electrons. The minimum Gasteiger partial charge on any atom is -0.462 e. The molecule has 0 amide bonds. The van der Waals surface area contributed by atoms with Crippen molar-refractivity contribution >= 4 is 5.97 Å². The van der Waals surface area contributed by atoms with E-state index in [2.05, 4.69) is 20.8 Å². The van der Waals surface area contributed by atoms with E-state index in [1.807, 2.05) is 0 Å². The van der Waals surface area contributed by atoms with Gasteiger partial charge in [0.05, 0.1) is 6.42 Å². The Hall–Kier alpha value is -0.530. The second-order valence-electron chi connectivity index (χ2n) is 5.87. The van der Waals surface area contributed by atoms with Crippen molar-refractivity contribution in [2.75, 3.05) is 0 Å².